The number of benzene rings is 1. The molecule has 1 aliphatic heterocycles. The summed E-state index contributed by atoms with van der Waals surface area (Å²) in [6.45, 7) is 2.35. The van der Waals surface area contributed by atoms with Crippen LogP contribution in [-0.2, 0) is 4.79 Å². The molecule has 94 valence electrons. The number of hydrogen-bond donors (Lipinski definition) is 2. The zero-order valence-electron chi connectivity index (χ0n) is 9.62. The second-order valence-electron chi connectivity index (χ2n) is 3.58. The summed E-state index contributed by atoms with van der Waals surface area (Å²) in [7, 11) is 0. The Hall–Kier alpha value is -2.01. The first-order chi connectivity index (χ1) is 8.60. The monoisotopic (exact) mass is 266 g/mol. The largest absolute Gasteiger partial charge is 0.493 e. The molecule has 1 aromatic carbocycles. The van der Waals surface area contributed by atoms with Crippen LogP contribution in [-0.4, -0.2) is 18.5 Å². The van der Waals surface area contributed by atoms with Crippen LogP contribution in [0.25, 0.3) is 6.08 Å². The minimum absolute atomic E-state index is 0.170. The Bertz CT molecular complexity index is 540. The van der Waals surface area contributed by atoms with Crippen LogP contribution in [0.2, 0.25) is 5.02 Å². The average Bonchev–Trinajstić information content (AvgIpc) is 2.61. The number of urea groups is 1. The van der Waals surface area contributed by atoms with Gasteiger partial charge in [0.25, 0.3) is 5.91 Å². The van der Waals surface area contributed by atoms with Crippen LogP contribution in [0.3, 0.4) is 0 Å². The minimum atomic E-state index is -0.536. The van der Waals surface area contributed by atoms with Crippen molar-refractivity contribution in [2.45, 2.75) is 6.92 Å². The van der Waals surface area contributed by atoms with E-state index in [-0.39, 0.29) is 5.70 Å². The minimum Gasteiger partial charge on any atom is -0.493 e. The molecule has 0 radical (unpaired) electrons. The molecule has 0 bridgehead atoms. The summed E-state index contributed by atoms with van der Waals surface area (Å²) < 4.78 is 5.42. The quantitative estimate of drug-likeness (QED) is 0.649. The first-order valence-electron chi connectivity index (χ1n) is 5.36. The molecule has 1 heterocycles. The topological polar surface area (TPSA) is 67.4 Å². The number of imide groups is 1. The van der Waals surface area contributed by atoms with Crippen molar-refractivity contribution in [1.29, 1.82) is 0 Å². The highest BCUT2D eigenvalue weighted by Gasteiger charge is 2.23. The highest BCUT2D eigenvalue weighted by Crippen LogP contribution is 2.25. The van der Waals surface area contributed by atoms with E-state index in [1.54, 1.807) is 18.2 Å². The lowest BCUT2D eigenvalue weighted by atomic mass is 10.1. The van der Waals surface area contributed by atoms with Gasteiger partial charge in [0.1, 0.15) is 11.4 Å². The molecule has 5 nitrogen and oxygen atoms in total. The maximum atomic E-state index is 11.4. The molecule has 3 amide bonds. The molecule has 1 fully saturated rings. The van der Waals surface area contributed by atoms with Crippen molar-refractivity contribution in [1.82, 2.24) is 10.6 Å². The molecule has 0 unspecified atom stereocenters. The van der Waals surface area contributed by atoms with Crippen LogP contribution < -0.4 is 15.4 Å². The Morgan fingerprint density at radius 3 is 2.72 bits per heavy atom. The Labute approximate surface area is 109 Å². The fourth-order valence-corrected chi connectivity index (χ4v) is 1.74. The first-order valence-corrected chi connectivity index (χ1v) is 5.74. The predicted molar refractivity (Wildman–Crippen MR) is 67.3 cm³/mol. The number of ether oxygens (including phenoxy) is 1. The zero-order chi connectivity index (χ0) is 13.1. The van der Waals surface area contributed by atoms with Crippen LogP contribution in [0.4, 0.5) is 4.79 Å². The van der Waals surface area contributed by atoms with Crippen molar-refractivity contribution in [2.75, 3.05) is 6.61 Å². The van der Waals surface area contributed by atoms with Crippen LogP contribution in [0.1, 0.15) is 12.5 Å². The van der Waals surface area contributed by atoms with Gasteiger partial charge in [-0.15, -0.1) is 0 Å². The van der Waals surface area contributed by atoms with Crippen molar-refractivity contribution in [2.24, 2.45) is 0 Å². The summed E-state index contributed by atoms with van der Waals surface area (Å²) in [5.74, 6) is 0.130. The molecule has 1 aliphatic rings. The lowest BCUT2D eigenvalue weighted by molar-refractivity contribution is -0.115. The van der Waals surface area contributed by atoms with Crippen molar-refractivity contribution in [3.63, 3.8) is 0 Å². The average molecular weight is 267 g/mol. The fourth-order valence-electron chi connectivity index (χ4n) is 1.56. The van der Waals surface area contributed by atoms with Crippen molar-refractivity contribution in [3.8, 4) is 5.75 Å². The molecule has 1 saturated heterocycles. The van der Waals surface area contributed by atoms with Gasteiger partial charge in [-0.25, -0.2) is 4.79 Å². The van der Waals surface area contributed by atoms with Gasteiger partial charge in [0, 0.05) is 10.6 Å². The van der Waals surface area contributed by atoms with Gasteiger partial charge in [0.15, 0.2) is 0 Å². The van der Waals surface area contributed by atoms with E-state index in [0.717, 1.165) is 0 Å². The molecular weight excluding hydrogens is 256 g/mol. The molecule has 0 spiro atoms. The summed E-state index contributed by atoms with van der Waals surface area (Å²) >= 11 is 5.89. The summed E-state index contributed by atoms with van der Waals surface area (Å²) in [4.78, 5) is 22.4. The second-order valence-corrected chi connectivity index (χ2v) is 4.02. The summed E-state index contributed by atoms with van der Waals surface area (Å²) in [5.41, 5.74) is 0.805. The van der Waals surface area contributed by atoms with Crippen LogP contribution in [0.5, 0.6) is 5.75 Å². The van der Waals surface area contributed by atoms with Gasteiger partial charge in [0.2, 0.25) is 0 Å². The van der Waals surface area contributed by atoms with E-state index in [2.05, 4.69) is 10.6 Å². The third-order valence-electron chi connectivity index (χ3n) is 2.29. The molecule has 1 aromatic rings. The Morgan fingerprint density at radius 1 is 1.33 bits per heavy atom. The second kappa shape index (κ2) is 5.10. The van der Waals surface area contributed by atoms with E-state index in [0.29, 0.717) is 22.9 Å². The van der Waals surface area contributed by atoms with Crippen LogP contribution in [0.15, 0.2) is 23.9 Å². The van der Waals surface area contributed by atoms with Crippen molar-refractivity contribution >= 4 is 29.6 Å². The summed E-state index contributed by atoms with van der Waals surface area (Å²) in [6.07, 6.45) is 1.52. The zero-order valence-corrected chi connectivity index (χ0v) is 10.4. The maximum absolute atomic E-state index is 11.4. The number of carbonyl (C=O) groups excluding carboxylic acids is 2. The van der Waals surface area contributed by atoms with E-state index >= 15 is 0 Å². The lowest BCUT2D eigenvalue weighted by Gasteiger charge is -2.07. The molecule has 0 aliphatic carbocycles. The molecule has 6 heteroatoms. The first kappa shape index (κ1) is 12.4. The van der Waals surface area contributed by atoms with Crippen LogP contribution in [0, 0.1) is 0 Å². The summed E-state index contributed by atoms with van der Waals surface area (Å²) in [6, 6.07) is 4.54. The molecule has 18 heavy (non-hydrogen) atoms. The number of halogens is 1. The van der Waals surface area contributed by atoms with Gasteiger partial charge in [-0.1, -0.05) is 11.6 Å². The Kier molecular flexibility index (Phi) is 3.53. The van der Waals surface area contributed by atoms with E-state index in [4.69, 9.17) is 16.3 Å². The molecule has 0 saturated carbocycles. The van der Waals surface area contributed by atoms with Gasteiger partial charge in [-0.2, -0.15) is 0 Å². The third-order valence-corrected chi connectivity index (χ3v) is 2.53. The fraction of sp³-hybridized carbons (Fsp3) is 0.167. The SMILES string of the molecule is CCOc1ccc(Cl)cc1/C=C1/NC(=O)NC1=O. The van der Waals surface area contributed by atoms with E-state index < -0.39 is 11.9 Å². The van der Waals surface area contributed by atoms with Gasteiger partial charge >= 0.3 is 6.03 Å². The number of rotatable bonds is 3. The smallest absolute Gasteiger partial charge is 0.326 e. The van der Waals surface area contributed by atoms with E-state index in [1.165, 1.54) is 6.08 Å². The summed E-state index contributed by atoms with van der Waals surface area (Å²) in [5, 5.41) is 5.05. The predicted octanol–water partition coefficient (Wildman–Crippen LogP) is 1.92. The maximum Gasteiger partial charge on any atom is 0.326 e. The number of amides is 3. The molecule has 2 rings (SSSR count). The molecular formula is C12H11ClN2O3. The van der Waals surface area contributed by atoms with Gasteiger partial charge < -0.3 is 10.1 Å². The standard InChI is InChI=1S/C12H11ClN2O3/c1-2-18-10-4-3-8(13)5-7(10)6-9-11(16)15-12(17)14-9/h3-6H,2H2,1H3,(H2,14,15,16,17)/b9-6+. The molecule has 0 aromatic heterocycles. The lowest BCUT2D eigenvalue weighted by Crippen LogP contribution is -2.22. The Balaban J connectivity index is 2.38. The molecule has 2 N–H and O–H groups in total. The number of carbonyl (C=O) groups is 2. The number of nitrogens with one attached hydrogen (secondary N) is 2. The van der Waals surface area contributed by atoms with Crippen molar-refractivity contribution < 1.29 is 14.3 Å². The normalized spacial score (nSPS) is 16.7. The van der Waals surface area contributed by atoms with Gasteiger partial charge in [-0.05, 0) is 31.2 Å². The Morgan fingerprint density at radius 2 is 2.11 bits per heavy atom. The number of hydrogen-bond acceptors (Lipinski definition) is 3. The van der Waals surface area contributed by atoms with Gasteiger partial charge in [0.05, 0.1) is 6.61 Å². The van der Waals surface area contributed by atoms with Crippen LogP contribution >= 0.6 is 11.6 Å². The third kappa shape index (κ3) is 2.62. The highest BCUT2D eigenvalue weighted by atomic mass is 35.5. The van der Waals surface area contributed by atoms with E-state index in [9.17, 15) is 9.59 Å². The van der Waals surface area contributed by atoms with Gasteiger partial charge in [-0.3, -0.25) is 10.1 Å². The highest BCUT2D eigenvalue weighted by molar-refractivity contribution is 6.30. The van der Waals surface area contributed by atoms with E-state index in [1.807, 2.05) is 6.92 Å². The van der Waals surface area contributed by atoms with Crippen molar-refractivity contribution in [3.05, 3.63) is 34.5 Å². The molecule has 0 atom stereocenters.